The molecule has 0 amide bonds. The van der Waals surface area contributed by atoms with Gasteiger partial charge in [0.1, 0.15) is 11.6 Å². The predicted octanol–water partition coefficient (Wildman–Crippen LogP) is 3.19. The summed E-state index contributed by atoms with van der Waals surface area (Å²) in [6.45, 7) is 1.99. The Kier molecular flexibility index (Phi) is 4.01. The lowest BCUT2D eigenvalue weighted by atomic mass is 10.0. The van der Waals surface area contributed by atoms with Crippen LogP contribution in [0, 0.1) is 11.6 Å². The summed E-state index contributed by atoms with van der Waals surface area (Å²) in [4.78, 5) is 0. The average Bonchev–Trinajstić information content (AvgIpc) is 2.14. The van der Waals surface area contributed by atoms with Crippen LogP contribution in [0.2, 0.25) is 0 Å². The molecule has 0 heterocycles. The van der Waals surface area contributed by atoms with Gasteiger partial charge in [-0.2, -0.15) is 0 Å². The molecule has 0 fully saturated rings. The number of rotatable bonds is 4. The van der Waals surface area contributed by atoms with E-state index in [4.69, 9.17) is 0 Å². The Labute approximate surface area is 82.4 Å². The first kappa shape index (κ1) is 11.1. The van der Waals surface area contributed by atoms with Gasteiger partial charge >= 0.3 is 0 Å². The summed E-state index contributed by atoms with van der Waals surface area (Å²) in [5, 5.41) is 9.56. The molecule has 14 heavy (non-hydrogen) atoms. The number of benzene rings is 1. The SMILES string of the molecule is CCCCC(O)c1ccc(F)cc1F. The molecular weight excluding hydrogens is 186 g/mol. The van der Waals surface area contributed by atoms with Crippen LogP contribution in [-0.4, -0.2) is 5.11 Å². The van der Waals surface area contributed by atoms with E-state index in [1.807, 2.05) is 6.92 Å². The third kappa shape index (κ3) is 2.77. The lowest BCUT2D eigenvalue weighted by Crippen LogP contribution is -2.00. The van der Waals surface area contributed by atoms with Crippen LogP contribution in [0.5, 0.6) is 0 Å². The lowest BCUT2D eigenvalue weighted by Gasteiger charge is -2.10. The molecular formula is C11H14F2O. The van der Waals surface area contributed by atoms with Gasteiger partial charge in [0.2, 0.25) is 0 Å². The van der Waals surface area contributed by atoms with Gasteiger partial charge in [0.25, 0.3) is 0 Å². The molecule has 0 bridgehead atoms. The van der Waals surface area contributed by atoms with Gasteiger partial charge in [-0.15, -0.1) is 0 Å². The van der Waals surface area contributed by atoms with Gasteiger partial charge in [-0.1, -0.05) is 25.8 Å². The molecule has 0 aliphatic rings. The molecule has 0 saturated carbocycles. The normalized spacial score (nSPS) is 12.9. The Morgan fingerprint density at radius 1 is 1.36 bits per heavy atom. The van der Waals surface area contributed by atoms with E-state index in [1.165, 1.54) is 6.07 Å². The first-order valence-electron chi connectivity index (χ1n) is 4.78. The van der Waals surface area contributed by atoms with Crippen molar-refractivity contribution in [3.05, 3.63) is 35.4 Å². The van der Waals surface area contributed by atoms with Crippen molar-refractivity contribution in [2.75, 3.05) is 0 Å². The molecule has 1 aromatic rings. The van der Waals surface area contributed by atoms with Gasteiger partial charge in [0, 0.05) is 11.6 Å². The molecule has 0 aliphatic heterocycles. The molecule has 1 aromatic carbocycles. The summed E-state index contributed by atoms with van der Waals surface area (Å²) < 4.78 is 25.7. The van der Waals surface area contributed by atoms with Crippen molar-refractivity contribution >= 4 is 0 Å². The minimum absolute atomic E-state index is 0.180. The van der Waals surface area contributed by atoms with Crippen LogP contribution in [0.1, 0.15) is 37.9 Å². The zero-order valence-corrected chi connectivity index (χ0v) is 8.13. The fraction of sp³-hybridized carbons (Fsp3) is 0.455. The van der Waals surface area contributed by atoms with E-state index in [-0.39, 0.29) is 5.56 Å². The highest BCUT2D eigenvalue weighted by molar-refractivity contribution is 5.20. The molecule has 1 N–H and O–H groups in total. The number of hydrogen-bond acceptors (Lipinski definition) is 1. The van der Waals surface area contributed by atoms with Crippen LogP contribution in [0.4, 0.5) is 8.78 Å². The summed E-state index contributed by atoms with van der Waals surface area (Å²) in [5.74, 6) is -1.29. The van der Waals surface area contributed by atoms with Gasteiger partial charge in [-0.05, 0) is 12.5 Å². The van der Waals surface area contributed by atoms with E-state index < -0.39 is 17.7 Å². The number of unbranched alkanes of at least 4 members (excludes halogenated alkanes) is 1. The maximum absolute atomic E-state index is 13.1. The molecule has 1 nitrogen and oxygen atoms in total. The quantitative estimate of drug-likeness (QED) is 0.791. The molecule has 0 saturated heterocycles. The van der Waals surface area contributed by atoms with Crippen LogP contribution in [0.15, 0.2) is 18.2 Å². The molecule has 1 atom stereocenters. The summed E-state index contributed by atoms with van der Waals surface area (Å²) in [6, 6.07) is 3.25. The van der Waals surface area contributed by atoms with Gasteiger partial charge in [-0.25, -0.2) is 8.78 Å². The summed E-state index contributed by atoms with van der Waals surface area (Å²) >= 11 is 0. The van der Waals surface area contributed by atoms with Crippen LogP contribution >= 0.6 is 0 Å². The second kappa shape index (κ2) is 5.05. The Balaban J connectivity index is 2.74. The van der Waals surface area contributed by atoms with Crippen LogP contribution < -0.4 is 0 Å². The molecule has 1 rings (SSSR count). The van der Waals surface area contributed by atoms with E-state index in [0.29, 0.717) is 6.42 Å². The van der Waals surface area contributed by atoms with Crippen molar-refractivity contribution in [2.24, 2.45) is 0 Å². The molecule has 0 aliphatic carbocycles. The Morgan fingerprint density at radius 2 is 2.07 bits per heavy atom. The maximum atomic E-state index is 13.1. The third-order valence-electron chi connectivity index (χ3n) is 2.15. The zero-order valence-electron chi connectivity index (χ0n) is 8.13. The van der Waals surface area contributed by atoms with Crippen molar-refractivity contribution in [3.63, 3.8) is 0 Å². The second-order valence-electron chi connectivity index (χ2n) is 3.32. The van der Waals surface area contributed by atoms with Crippen LogP contribution in [0.25, 0.3) is 0 Å². The number of aliphatic hydroxyl groups is 1. The molecule has 0 spiro atoms. The van der Waals surface area contributed by atoms with Crippen molar-refractivity contribution in [2.45, 2.75) is 32.3 Å². The average molecular weight is 200 g/mol. The second-order valence-corrected chi connectivity index (χ2v) is 3.32. The standard InChI is InChI=1S/C11H14F2O/c1-2-3-4-11(14)9-6-5-8(12)7-10(9)13/h5-7,11,14H,2-4H2,1H3. The lowest BCUT2D eigenvalue weighted by molar-refractivity contribution is 0.159. The predicted molar refractivity (Wildman–Crippen MR) is 50.8 cm³/mol. The van der Waals surface area contributed by atoms with E-state index in [1.54, 1.807) is 0 Å². The summed E-state index contributed by atoms with van der Waals surface area (Å²) in [5.41, 5.74) is 0.180. The van der Waals surface area contributed by atoms with Crippen molar-refractivity contribution in [1.82, 2.24) is 0 Å². The highest BCUT2D eigenvalue weighted by atomic mass is 19.1. The number of aliphatic hydroxyl groups excluding tert-OH is 1. The van der Waals surface area contributed by atoms with E-state index in [9.17, 15) is 13.9 Å². The minimum atomic E-state index is -0.824. The van der Waals surface area contributed by atoms with Gasteiger partial charge in [-0.3, -0.25) is 0 Å². The monoisotopic (exact) mass is 200 g/mol. The summed E-state index contributed by atoms with van der Waals surface area (Å²) in [6.07, 6.45) is 1.47. The molecule has 1 unspecified atom stereocenters. The Morgan fingerprint density at radius 3 is 2.64 bits per heavy atom. The Bertz CT molecular complexity index is 299. The smallest absolute Gasteiger partial charge is 0.131 e. The fourth-order valence-corrected chi connectivity index (χ4v) is 1.32. The van der Waals surface area contributed by atoms with E-state index in [0.717, 1.165) is 25.0 Å². The zero-order chi connectivity index (χ0) is 10.6. The minimum Gasteiger partial charge on any atom is -0.388 e. The molecule has 3 heteroatoms. The summed E-state index contributed by atoms with van der Waals surface area (Å²) in [7, 11) is 0. The van der Waals surface area contributed by atoms with Gasteiger partial charge in [0.15, 0.2) is 0 Å². The van der Waals surface area contributed by atoms with E-state index >= 15 is 0 Å². The molecule has 0 radical (unpaired) electrons. The highest BCUT2D eigenvalue weighted by Gasteiger charge is 2.12. The largest absolute Gasteiger partial charge is 0.388 e. The molecule has 78 valence electrons. The third-order valence-corrected chi connectivity index (χ3v) is 2.15. The molecule has 0 aromatic heterocycles. The highest BCUT2D eigenvalue weighted by Crippen LogP contribution is 2.22. The van der Waals surface area contributed by atoms with Crippen molar-refractivity contribution < 1.29 is 13.9 Å². The van der Waals surface area contributed by atoms with Crippen molar-refractivity contribution in [1.29, 1.82) is 0 Å². The van der Waals surface area contributed by atoms with Gasteiger partial charge < -0.3 is 5.11 Å². The fourth-order valence-electron chi connectivity index (χ4n) is 1.32. The first-order valence-corrected chi connectivity index (χ1v) is 4.78. The van der Waals surface area contributed by atoms with Crippen LogP contribution in [-0.2, 0) is 0 Å². The van der Waals surface area contributed by atoms with Crippen LogP contribution in [0.3, 0.4) is 0 Å². The maximum Gasteiger partial charge on any atom is 0.131 e. The number of halogens is 2. The first-order chi connectivity index (χ1) is 6.65. The van der Waals surface area contributed by atoms with E-state index in [2.05, 4.69) is 0 Å². The Hall–Kier alpha value is -0.960. The number of hydrogen-bond donors (Lipinski definition) is 1. The van der Waals surface area contributed by atoms with Crippen molar-refractivity contribution in [3.8, 4) is 0 Å². The topological polar surface area (TPSA) is 20.2 Å². The van der Waals surface area contributed by atoms with Gasteiger partial charge in [0.05, 0.1) is 6.10 Å².